The molecule has 0 radical (unpaired) electrons. The van der Waals surface area contributed by atoms with Gasteiger partial charge < -0.3 is 4.74 Å². The second-order valence-corrected chi connectivity index (χ2v) is 5.89. The van der Waals surface area contributed by atoms with Crippen molar-refractivity contribution in [3.8, 4) is 0 Å². The Labute approximate surface area is 93.9 Å². The van der Waals surface area contributed by atoms with Crippen LogP contribution < -0.4 is 0 Å². The molecule has 0 aliphatic rings. The van der Waals surface area contributed by atoms with E-state index in [4.69, 9.17) is 16.3 Å². The fourth-order valence-corrected chi connectivity index (χ4v) is 1.82. The average Bonchev–Trinajstić information content (AvgIpc) is 2.42. The molecule has 0 amide bonds. The first kappa shape index (κ1) is 12.5. The summed E-state index contributed by atoms with van der Waals surface area (Å²) in [6.45, 7) is 0.632. The maximum absolute atomic E-state index is 10.9. The summed E-state index contributed by atoms with van der Waals surface area (Å²) in [5.74, 6) is 0.0286. The third-order valence-electron chi connectivity index (χ3n) is 1.75. The Balaban J connectivity index is 2.69. The van der Waals surface area contributed by atoms with Crippen molar-refractivity contribution in [1.82, 2.24) is 9.78 Å². The van der Waals surface area contributed by atoms with Gasteiger partial charge in [-0.05, 0) is 0 Å². The van der Waals surface area contributed by atoms with Crippen molar-refractivity contribution in [1.29, 1.82) is 0 Å². The number of sulfone groups is 1. The van der Waals surface area contributed by atoms with E-state index in [1.807, 2.05) is 0 Å². The summed E-state index contributed by atoms with van der Waals surface area (Å²) in [6.07, 6.45) is 1.18. The first-order valence-corrected chi connectivity index (χ1v) is 6.75. The highest BCUT2D eigenvalue weighted by Gasteiger charge is 2.08. The SMILES string of the molecule is COCc1cc(Cl)n(CCS(C)(=O)=O)n1. The summed E-state index contributed by atoms with van der Waals surface area (Å²) >= 11 is 5.86. The Bertz CT molecular complexity index is 427. The van der Waals surface area contributed by atoms with Crippen LogP contribution >= 0.6 is 11.6 Å². The predicted molar refractivity (Wildman–Crippen MR) is 57.7 cm³/mol. The van der Waals surface area contributed by atoms with E-state index in [2.05, 4.69) is 5.10 Å². The number of halogens is 1. The largest absolute Gasteiger partial charge is 0.378 e. The number of aryl methyl sites for hydroxylation is 1. The van der Waals surface area contributed by atoms with Crippen molar-refractivity contribution in [3.63, 3.8) is 0 Å². The second kappa shape index (κ2) is 4.96. The van der Waals surface area contributed by atoms with Crippen LogP contribution in [0, 0.1) is 0 Å². The molecule has 0 saturated heterocycles. The topological polar surface area (TPSA) is 61.2 Å². The second-order valence-electron chi connectivity index (χ2n) is 3.24. The minimum absolute atomic E-state index is 0.0286. The van der Waals surface area contributed by atoms with E-state index >= 15 is 0 Å². The lowest BCUT2D eigenvalue weighted by Gasteiger charge is -2.01. The Kier molecular flexibility index (Phi) is 4.12. The van der Waals surface area contributed by atoms with Crippen LogP contribution in [0.4, 0.5) is 0 Å². The Morgan fingerprint density at radius 3 is 2.80 bits per heavy atom. The van der Waals surface area contributed by atoms with Gasteiger partial charge in [-0.25, -0.2) is 8.42 Å². The molecule has 0 aromatic carbocycles. The number of aromatic nitrogens is 2. The zero-order valence-corrected chi connectivity index (χ0v) is 10.2. The van der Waals surface area contributed by atoms with Crippen molar-refractivity contribution in [2.45, 2.75) is 13.2 Å². The van der Waals surface area contributed by atoms with Gasteiger partial charge in [0, 0.05) is 19.4 Å². The molecule has 0 aliphatic carbocycles. The highest BCUT2D eigenvalue weighted by molar-refractivity contribution is 7.90. The van der Waals surface area contributed by atoms with E-state index < -0.39 is 9.84 Å². The van der Waals surface area contributed by atoms with Crippen LogP contribution in [0.25, 0.3) is 0 Å². The van der Waals surface area contributed by atoms with Gasteiger partial charge in [0.1, 0.15) is 15.0 Å². The lowest BCUT2D eigenvalue weighted by Crippen LogP contribution is -2.12. The summed E-state index contributed by atoms with van der Waals surface area (Å²) in [7, 11) is -1.43. The lowest BCUT2D eigenvalue weighted by atomic mass is 10.5. The molecule has 0 fully saturated rings. The third-order valence-corrected chi connectivity index (χ3v) is 2.98. The molecule has 1 heterocycles. The van der Waals surface area contributed by atoms with Crippen LogP contribution in [0.1, 0.15) is 5.69 Å². The molecule has 1 rings (SSSR count). The van der Waals surface area contributed by atoms with Crippen molar-refractivity contribution in [3.05, 3.63) is 16.9 Å². The molecule has 1 aromatic heterocycles. The number of hydrogen-bond acceptors (Lipinski definition) is 4. The van der Waals surface area contributed by atoms with Gasteiger partial charge in [-0.2, -0.15) is 5.10 Å². The van der Waals surface area contributed by atoms with Gasteiger partial charge in [0.25, 0.3) is 0 Å². The molecular formula is C8H13ClN2O3S. The van der Waals surface area contributed by atoms with Crippen LogP contribution in [-0.4, -0.2) is 37.3 Å². The standard InChI is InChI=1S/C8H13ClN2O3S/c1-14-6-7-5-8(9)11(10-7)3-4-15(2,12)13/h5H,3-4,6H2,1-2H3. The van der Waals surface area contributed by atoms with Gasteiger partial charge in [-0.1, -0.05) is 11.6 Å². The summed E-state index contributed by atoms with van der Waals surface area (Å²) in [5, 5.41) is 4.52. The number of hydrogen-bond donors (Lipinski definition) is 0. The highest BCUT2D eigenvalue weighted by atomic mass is 35.5. The van der Waals surface area contributed by atoms with Crippen molar-refractivity contribution < 1.29 is 13.2 Å². The molecule has 0 aliphatic heterocycles. The number of nitrogens with zero attached hydrogens (tertiary/aromatic N) is 2. The summed E-state index contributed by atoms with van der Waals surface area (Å²) < 4.78 is 28.2. The third kappa shape index (κ3) is 4.19. The monoisotopic (exact) mass is 252 g/mol. The quantitative estimate of drug-likeness (QED) is 0.775. The molecule has 15 heavy (non-hydrogen) atoms. The van der Waals surface area contributed by atoms with Gasteiger partial charge in [-0.15, -0.1) is 0 Å². The Morgan fingerprint density at radius 2 is 2.27 bits per heavy atom. The van der Waals surface area contributed by atoms with Gasteiger partial charge >= 0.3 is 0 Å². The normalized spacial score (nSPS) is 11.9. The van der Waals surface area contributed by atoms with Crippen molar-refractivity contribution in [2.24, 2.45) is 0 Å². The van der Waals surface area contributed by atoms with E-state index in [1.54, 1.807) is 13.2 Å². The van der Waals surface area contributed by atoms with E-state index in [9.17, 15) is 8.42 Å². The molecule has 5 nitrogen and oxygen atoms in total. The zero-order valence-electron chi connectivity index (χ0n) is 8.60. The Hall–Kier alpha value is -0.590. The minimum atomic E-state index is -2.99. The first-order chi connectivity index (χ1) is 6.92. The first-order valence-electron chi connectivity index (χ1n) is 4.31. The predicted octanol–water partition coefficient (Wildman–Crippen LogP) is 0.728. The number of rotatable bonds is 5. The number of methoxy groups -OCH3 is 1. The van der Waals surface area contributed by atoms with Gasteiger partial charge in [-0.3, -0.25) is 4.68 Å². The molecule has 0 saturated carbocycles. The molecular weight excluding hydrogens is 240 g/mol. The van der Waals surface area contributed by atoms with Gasteiger partial charge in [0.05, 0.1) is 24.6 Å². The molecule has 0 unspecified atom stereocenters. The summed E-state index contributed by atoms with van der Waals surface area (Å²) in [6, 6.07) is 1.66. The molecule has 1 aromatic rings. The molecule has 0 N–H and O–H groups in total. The van der Waals surface area contributed by atoms with E-state index in [0.717, 1.165) is 0 Å². The summed E-state index contributed by atoms with van der Waals surface area (Å²) in [4.78, 5) is 0. The molecule has 7 heteroatoms. The molecule has 86 valence electrons. The number of ether oxygens (including phenoxy) is 1. The van der Waals surface area contributed by atoms with Crippen LogP contribution in [0.3, 0.4) is 0 Å². The minimum Gasteiger partial charge on any atom is -0.378 e. The van der Waals surface area contributed by atoms with Crippen molar-refractivity contribution in [2.75, 3.05) is 19.1 Å². The van der Waals surface area contributed by atoms with E-state index in [0.29, 0.717) is 17.5 Å². The van der Waals surface area contributed by atoms with Crippen molar-refractivity contribution >= 4 is 21.4 Å². The maximum atomic E-state index is 10.9. The average molecular weight is 253 g/mol. The Morgan fingerprint density at radius 1 is 1.60 bits per heavy atom. The fraction of sp³-hybridized carbons (Fsp3) is 0.625. The van der Waals surface area contributed by atoms with Gasteiger partial charge in [0.15, 0.2) is 0 Å². The van der Waals surface area contributed by atoms with Crippen LogP contribution in [-0.2, 0) is 27.7 Å². The lowest BCUT2D eigenvalue weighted by molar-refractivity contribution is 0.180. The molecule has 0 atom stereocenters. The smallest absolute Gasteiger partial charge is 0.149 e. The van der Waals surface area contributed by atoms with E-state index in [-0.39, 0.29) is 12.3 Å². The van der Waals surface area contributed by atoms with Crippen LogP contribution in [0.15, 0.2) is 6.07 Å². The highest BCUT2D eigenvalue weighted by Crippen LogP contribution is 2.11. The maximum Gasteiger partial charge on any atom is 0.149 e. The van der Waals surface area contributed by atoms with E-state index in [1.165, 1.54) is 10.9 Å². The fourth-order valence-electron chi connectivity index (χ4n) is 1.07. The van der Waals surface area contributed by atoms with Crippen LogP contribution in [0.5, 0.6) is 0 Å². The molecule has 0 bridgehead atoms. The zero-order chi connectivity index (χ0) is 11.5. The summed E-state index contributed by atoms with van der Waals surface area (Å²) in [5.41, 5.74) is 0.691. The van der Waals surface area contributed by atoms with Crippen LogP contribution in [0.2, 0.25) is 5.15 Å². The van der Waals surface area contributed by atoms with Gasteiger partial charge in [0.2, 0.25) is 0 Å². The molecule has 0 spiro atoms.